The second kappa shape index (κ2) is 32.4. The molecule has 340 valence electrons. The van der Waals surface area contributed by atoms with E-state index in [1.165, 1.54) is 19.3 Å². The fourth-order valence-corrected chi connectivity index (χ4v) is 6.79. The summed E-state index contributed by atoms with van der Waals surface area (Å²) in [5.41, 5.74) is 0. The van der Waals surface area contributed by atoms with Gasteiger partial charge >= 0.3 is 0 Å². The van der Waals surface area contributed by atoms with Gasteiger partial charge in [0.05, 0.1) is 32.0 Å². The van der Waals surface area contributed by atoms with Crippen LogP contribution >= 0.6 is 0 Å². The summed E-state index contributed by atoms with van der Waals surface area (Å²) in [7, 11) is 0. The molecule has 14 nitrogen and oxygen atoms in total. The third kappa shape index (κ3) is 20.9. The Balaban J connectivity index is 1.74. The monoisotopic (exact) mass is 840 g/mol. The first-order valence-corrected chi connectivity index (χ1v) is 22.0. The second-order valence-corrected chi connectivity index (χ2v) is 15.4. The lowest BCUT2D eigenvalue weighted by molar-refractivity contribution is -0.359. The molecule has 2 rings (SSSR count). The first-order chi connectivity index (χ1) is 28.6. The number of hydrogen-bond donors (Lipinski definition) is 9. The maximum absolute atomic E-state index is 13.0. The van der Waals surface area contributed by atoms with Gasteiger partial charge in [-0.05, 0) is 51.4 Å². The topological polar surface area (TPSA) is 228 Å². The summed E-state index contributed by atoms with van der Waals surface area (Å²) in [6, 6.07) is -0.916. The Morgan fingerprint density at radius 1 is 0.627 bits per heavy atom. The molecular formula is C45H77NO13. The molecule has 2 fully saturated rings. The molecule has 0 aliphatic carbocycles. The maximum Gasteiger partial charge on any atom is 0.220 e. The van der Waals surface area contributed by atoms with Gasteiger partial charge in [0.1, 0.15) is 48.8 Å². The largest absolute Gasteiger partial charge is 0.394 e. The minimum absolute atomic E-state index is 0.262. The molecule has 0 radical (unpaired) electrons. The number of carbonyl (C=O) groups excluding carboxylic acids is 1. The Bertz CT molecular complexity index is 1220. The number of allylic oxidation sites excluding steroid dienone is 9. The summed E-state index contributed by atoms with van der Waals surface area (Å²) in [4.78, 5) is 13.0. The molecule has 2 aliphatic heterocycles. The van der Waals surface area contributed by atoms with Gasteiger partial charge in [0.2, 0.25) is 5.91 Å². The van der Waals surface area contributed by atoms with Crippen molar-refractivity contribution in [3.8, 4) is 0 Å². The van der Waals surface area contributed by atoms with Gasteiger partial charge in [-0.3, -0.25) is 4.79 Å². The molecule has 1 amide bonds. The van der Waals surface area contributed by atoms with Crippen molar-refractivity contribution in [1.29, 1.82) is 0 Å². The Labute approximate surface area is 352 Å². The smallest absolute Gasteiger partial charge is 0.220 e. The lowest BCUT2D eigenvalue weighted by atomic mass is 9.97. The van der Waals surface area contributed by atoms with Crippen molar-refractivity contribution < 1.29 is 64.6 Å². The zero-order valence-electron chi connectivity index (χ0n) is 35.5. The van der Waals surface area contributed by atoms with Crippen LogP contribution in [0.25, 0.3) is 0 Å². The Morgan fingerprint density at radius 3 is 1.78 bits per heavy atom. The van der Waals surface area contributed by atoms with Gasteiger partial charge in [0.15, 0.2) is 12.6 Å². The molecule has 0 aromatic carbocycles. The number of nitrogens with one attached hydrogen (secondary N) is 1. The number of hydrogen-bond acceptors (Lipinski definition) is 13. The summed E-state index contributed by atoms with van der Waals surface area (Å²) in [6.07, 6.45) is 20.7. The normalized spacial score (nSPS) is 29.1. The fourth-order valence-electron chi connectivity index (χ4n) is 6.79. The molecular weight excluding hydrogens is 762 g/mol. The quantitative estimate of drug-likeness (QED) is 0.0357. The molecule has 12 unspecified atom stereocenters. The van der Waals surface area contributed by atoms with E-state index in [4.69, 9.17) is 18.9 Å². The van der Waals surface area contributed by atoms with E-state index in [0.717, 1.165) is 77.0 Å². The number of aliphatic hydroxyl groups is 8. The van der Waals surface area contributed by atoms with E-state index in [9.17, 15) is 45.6 Å². The fraction of sp³-hybridized carbons (Fsp3) is 0.756. The van der Waals surface area contributed by atoms with E-state index < -0.39 is 86.8 Å². The third-order valence-corrected chi connectivity index (χ3v) is 10.5. The van der Waals surface area contributed by atoms with Gasteiger partial charge in [0.25, 0.3) is 0 Å². The molecule has 14 heteroatoms. The number of carbonyl (C=O) groups is 1. The summed E-state index contributed by atoms with van der Waals surface area (Å²) >= 11 is 0. The molecule has 2 saturated heterocycles. The highest BCUT2D eigenvalue weighted by Crippen LogP contribution is 2.29. The zero-order chi connectivity index (χ0) is 43.3. The molecule has 0 bridgehead atoms. The predicted molar refractivity (Wildman–Crippen MR) is 226 cm³/mol. The highest BCUT2D eigenvalue weighted by Gasteiger charge is 2.50. The average molecular weight is 840 g/mol. The summed E-state index contributed by atoms with van der Waals surface area (Å²) in [6.45, 7) is 2.46. The number of rotatable bonds is 31. The molecule has 0 spiro atoms. The van der Waals surface area contributed by atoms with Crippen LogP contribution in [-0.4, -0.2) is 140 Å². The standard InChI is InChI=1S/C45H77NO13/c1-3-5-7-9-10-11-12-13-14-15-16-17-18-19-20-21-22-23-24-25-27-29-37(50)46-33(34(49)28-26-8-6-4-2)32-56-44-42(55)40(53)43(36(31-48)58-44)59-45-41(54)39(52)38(51)35(30-47)57-45/h5,7,10-11,13-14,16-17,26,28,33-36,38-45,47-49,51-55H,3-4,6,8-9,12,15,18-25,27,29-32H2,1-2H3,(H,46,50)/b7-5-,11-10-,14-13-,17-16-,28-26+. The maximum atomic E-state index is 13.0. The number of ether oxygens (including phenoxy) is 4. The predicted octanol–water partition coefficient (Wildman–Crippen LogP) is 3.93. The number of unbranched alkanes of at least 4 members (excludes halogenated alkanes) is 10. The lowest BCUT2D eigenvalue weighted by Gasteiger charge is -2.46. The van der Waals surface area contributed by atoms with Crippen molar-refractivity contribution in [3.05, 3.63) is 60.8 Å². The minimum Gasteiger partial charge on any atom is -0.394 e. The van der Waals surface area contributed by atoms with E-state index in [-0.39, 0.29) is 18.9 Å². The van der Waals surface area contributed by atoms with E-state index in [1.54, 1.807) is 6.08 Å². The summed E-state index contributed by atoms with van der Waals surface area (Å²) < 4.78 is 22.4. The summed E-state index contributed by atoms with van der Waals surface area (Å²) in [5.74, 6) is -0.262. The highest BCUT2D eigenvalue weighted by molar-refractivity contribution is 5.76. The van der Waals surface area contributed by atoms with Crippen molar-refractivity contribution in [2.24, 2.45) is 0 Å². The highest BCUT2D eigenvalue weighted by atomic mass is 16.7. The van der Waals surface area contributed by atoms with E-state index in [2.05, 4.69) is 67.8 Å². The van der Waals surface area contributed by atoms with Crippen LogP contribution in [0.5, 0.6) is 0 Å². The Kier molecular flexibility index (Phi) is 29.0. The second-order valence-electron chi connectivity index (χ2n) is 15.4. The molecule has 0 saturated carbocycles. The van der Waals surface area contributed by atoms with Crippen LogP contribution in [0.1, 0.15) is 123 Å². The van der Waals surface area contributed by atoms with Crippen LogP contribution in [0.3, 0.4) is 0 Å². The van der Waals surface area contributed by atoms with Gasteiger partial charge < -0.3 is 65.1 Å². The van der Waals surface area contributed by atoms with Crippen LogP contribution < -0.4 is 5.32 Å². The minimum atomic E-state index is -1.79. The van der Waals surface area contributed by atoms with Crippen LogP contribution in [0.15, 0.2) is 60.8 Å². The lowest BCUT2D eigenvalue weighted by Crippen LogP contribution is -2.65. The molecule has 12 atom stereocenters. The third-order valence-electron chi connectivity index (χ3n) is 10.5. The van der Waals surface area contributed by atoms with Gasteiger partial charge in [-0.25, -0.2) is 0 Å². The van der Waals surface area contributed by atoms with Crippen LogP contribution in [0, 0.1) is 0 Å². The van der Waals surface area contributed by atoms with Gasteiger partial charge in [-0.1, -0.05) is 126 Å². The summed E-state index contributed by atoms with van der Waals surface area (Å²) in [5, 5.41) is 85.8. The molecule has 0 aromatic heterocycles. The number of aliphatic hydroxyl groups excluding tert-OH is 8. The van der Waals surface area contributed by atoms with Crippen LogP contribution in [-0.2, 0) is 23.7 Å². The first kappa shape index (κ1) is 52.8. The molecule has 0 aromatic rings. The first-order valence-electron chi connectivity index (χ1n) is 22.0. The Hall–Kier alpha value is -2.31. The molecule has 2 heterocycles. The zero-order valence-corrected chi connectivity index (χ0v) is 35.5. The van der Waals surface area contributed by atoms with Crippen LogP contribution in [0.4, 0.5) is 0 Å². The van der Waals surface area contributed by atoms with Crippen molar-refractivity contribution in [2.75, 3.05) is 19.8 Å². The van der Waals surface area contributed by atoms with Gasteiger partial charge in [-0.2, -0.15) is 0 Å². The molecule has 9 N–H and O–H groups in total. The van der Waals surface area contributed by atoms with Gasteiger partial charge in [-0.15, -0.1) is 0 Å². The van der Waals surface area contributed by atoms with Crippen molar-refractivity contribution in [2.45, 2.75) is 197 Å². The average Bonchev–Trinajstić information content (AvgIpc) is 3.23. The molecule has 2 aliphatic rings. The van der Waals surface area contributed by atoms with E-state index in [0.29, 0.717) is 6.42 Å². The Morgan fingerprint density at radius 2 is 1.17 bits per heavy atom. The van der Waals surface area contributed by atoms with Gasteiger partial charge in [0, 0.05) is 6.42 Å². The molecule has 59 heavy (non-hydrogen) atoms. The SMILES string of the molecule is CC/C=C\C/C=C\C/C=C\C/C=C\CCCCCCCCCCC(=O)NC(COC1OC(CO)C(OC2OC(CO)C(O)C(O)C2O)C(O)C1O)C(O)/C=C/CCCC. The van der Waals surface area contributed by atoms with E-state index in [1.807, 2.05) is 6.08 Å². The van der Waals surface area contributed by atoms with Crippen molar-refractivity contribution >= 4 is 5.91 Å². The van der Waals surface area contributed by atoms with E-state index >= 15 is 0 Å². The van der Waals surface area contributed by atoms with Crippen molar-refractivity contribution in [1.82, 2.24) is 5.32 Å². The van der Waals surface area contributed by atoms with Crippen molar-refractivity contribution in [3.63, 3.8) is 0 Å². The number of amides is 1. The van der Waals surface area contributed by atoms with Crippen LogP contribution in [0.2, 0.25) is 0 Å².